The van der Waals surface area contributed by atoms with Crippen molar-refractivity contribution in [1.29, 1.82) is 5.26 Å². The maximum Gasteiger partial charge on any atom is 0.114 e. The van der Waals surface area contributed by atoms with Crippen molar-refractivity contribution in [3.63, 3.8) is 0 Å². The largest absolute Gasteiger partial charge is 0.389 e. The highest BCUT2D eigenvalue weighted by Crippen LogP contribution is 2.22. The molecule has 0 radical (unpaired) electrons. The number of hydrogen-bond donors (Lipinski definition) is 1. The fourth-order valence-electron chi connectivity index (χ4n) is 0.933. The van der Waals surface area contributed by atoms with E-state index in [1.165, 1.54) is 6.08 Å². The maximum atomic E-state index is 8.75. The fourth-order valence-corrected chi connectivity index (χ4v) is 1.50. The van der Waals surface area contributed by atoms with Crippen LogP contribution in [-0.2, 0) is 0 Å². The van der Waals surface area contributed by atoms with Crippen LogP contribution in [0.25, 0.3) is 6.08 Å². The number of rotatable bonds is 2. The Kier molecular flexibility index (Phi) is 4.10. The number of hydrogen-bond acceptors (Lipinski definition) is 2. The van der Waals surface area contributed by atoms with Crippen molar-refractivity contribution < 1.29 is 0 Å². The average molecular weight is 257 g/mol. The number of thiocarbonyl (C=S) groups is 1. The van der Waals surface area contributed by atoms with Gasteiger partial charge in [0.15, 0.2) is 0 Å². The summed E-state index contributed by atoms with van der Waals surface area (Å²) in [5, 5.41) is 9.73. The topological polar surface area (TPSA) is 49.8 Å². The second kappa shape index (κ2) is 5.13. The van der Waals surface area contributed by atoms with Crippen molar-refractivity contribution in [2.24, 2.45) is 5.73 Å². The Bertz CT molecular complexity index is 475. The normalized spacial score (nSPS) is 10.9. The molecule has 0 unspecified atom stereocenters. The van der Waals surface area contributed by atoms with E-state index in [9.17, 15) is 0 Å². The molecule has 0 bridgehead atoms. The van der Waals surface area contributed by atoms with Gasteiger partial charge in [0, 0.05) is 10.0 Å². The van der Waals surface area contributed by atoms with Crippen LogP contribution in [0.3, 0.4) is 0 Å². The molecule has 2 N–H and O–H groups in total. The summed E-state index contributed by atoms with van der Waals surface area (Å²) in [6.07, 6.45) is 1.53. The summed E-state index contributed by atoms with van der Waals surface area (Å²) in [7, 11) is 0. The lowest BCUT2D eigenvalue weighted by Gasteiger charge is -2.00. The van der Waals surface area contributed by atoms with E-state index < -0.39 is 0 Å². The predicted molar refractivity (Wildman–Crippen MR) is 66.8 cm³/mol. The van der Waals surface area contributed by atoms with Gasteiger partial charge in [-0.05, 0) is 23.8 Å². The van der Waals surface area contributed by atoms with Crippen LogP contribution in [0, 0.1) is 11.3 Å². The third-order valence-electron chi connectivity index (χ3n) is 1.65. The molecular formula is C10H6Cl2N2S. The molecule has 1 aromatic carbocycles. The van der Waals surface area contributed by atoms with Gasteiger partial charge in [-0.15, -0.1) is 0 Å². The monoisotopic (exact) mass is 256 g/mol. The molecular weight excluding hydrogens is 251 g/mol. The van der Waals surface area contributed by atoms with E-state index in [0.29, 0.717) is 15.6 Å². The molecule has 0 aliphatic carbocycles. The third kappa shape index (κ3) is 3.21. The van der Waals surface area contributed by atoms with Gasteiger partial charge in [-0.3, -0.25) is 0 Å². The van der Waals surface area contributed by atoms with Crippen LogP contribution in [0.5, 0.6) is 0 Å². The molecule has 76 valence electrons. The second-order valence-corrected chi connectivity index (χ2v) is 3.98. The van der Waals surface area contributed by atoms with Crippen LogP contribution in [0.1, 0.15) is 5.56 Å². The van der Waals surface area contributed by atoms with Crippen molar-refractivity contribution >= 4 is 46.5 Å². The lowest BCUT2D eigenvalue weighted by atomic mass is 10.1. The van der Waals surface area contributed by atoms with Gasteiger partial charge in [0.1, 0.15) is 11.1 Å². The summed E-state index contributed by atoms with van der Waals surface area (Å²) in [6, 6.07) is 6.85. The van der Waals surface area contributed by atoms with Gasteiger partial charge >= 0.3 is 0 Å². The highest BCUT2D eigenvalue weighted by atomic mass is 35.5. The number of nitriles is 1. The molecule has 0 aliphatic rings. The van der Waals surface area contributed by atoms with E-state index in [1.54, 1.807) is 18.2 Å². The van der Waals surface area contributed by atoms with Gasteiger partial charge in [0.05, 0.1) is 5.57 Å². The van der Waals surface area contributed by atoms with Gasteiger partial charge in [-0.1, -0.05) is 41.5 Å². The quantitative estimate of drug-likeness (QED) is 0.503. The summed E-state index contributed by atoms with van der Waals surface area (Å²) in [6.45, 7) is 0. The van der Waals surface area contributed by atoms with Gasteiger partial charge in [0.25, 0.3) is 0 Å². The van der Waals surface area contributed by atoms with E-state index in [0.717, 1.165) is 0 Å². The zero-order chi connectivity index (χ0) is 11.4. The van der Waals surface area contributed by atoms with Crippen LogP contribution in [0.4, 0.5) is 0 Å². The molecule has 0 saturated heterocycles. The lowest BCUT2D eigenvalue weighted by Crippen LogP contribution is -2.09. The minimum absolute atomic E-state index is 0.0449. The molecule has 2 nitrogen and oxygen atoms in total. The molecule has 0 amide bonds. The SMILES string of the molecule is N#C/C(=C/c1ccc(Cl)cc1Cl)C(N)=S. The Hall–Kier alpha value is -1.08. The second-order valence-electron chi connectivity index (χ2n) is 2.70. The predicted octanol–water partition coefficient (Wildman–Crippen LogP) is 3.19. The van der Waals surface area contributed by atoms with E-state index in [4.69, 9.17) is 46.4 Å². The van der Waals surface area contributed by atoms with Gasteiger partial charge in [0.2, 0.25) is 0 Å². The molecule has 0 fully saturated rings. The maximum absolute atomic E-state index is 8.75. The van der Waals surface area contributed by atoms with Crippen molar-refractivity contribution in [2.75, 3.05) is 0 Å². The molecule has 1 rings (SSSR count). The summed E-state index contributed by atoms with van der Waals surface area (Å²) in [5.74, 6) is 0. The minimum Gasteiger partial charge on any atom is -0.389 e. The zero-order valence-corrected chi connectivity index (χ0v) is 9.83. The molecule has 0 saturated carbocycles. The minimum atomic E-state index is 0.0449. The first-order chi connectivity index (χ1) is 7.04. The average Bonchev–Trinajstić information content (AvgIpc) is 2.16. The Morgan fingerprint density at radius 1 is 1.47 bits per heavy atom. The van der Waals surface area contributed by atoms with Crippen molar-refractivity contribution in [1.82, 2.24) is 0 Å². The van der Waals surface area contributed by atoms with Gasteiger partial charge < -0.3 is 5.73 Å². The fraction of sp³-hybridized carbons (Fsp3) is 0. The smallest absolute Gasteiger partial charge is 0.114 e. The van der Waals surface area contributed by atoms with E-state index >= 15 is 0 Å². The Morgan fingerprint density at radius 3 is 2.60 bits per heavy atom. The summed E-state index contributed by atoms with van der Waals surface area (Å²) >= 11 is 16.3. The van der Waals surface area contributed by atoms with Crippen LogP contribution in [0.15, 0.2) is 23.8 Å². The van der Waals surface area contributed by atoms with Gasteiger partial charge in [-0.2, -0.15) is 5.26 Å². The number of nitrogens with two attached hydrogens (primary N) is 1. The van der Waals surface area contributed by atoms with E-state index in [2.05, 4.69) is 0 Å². The number of benzene rings is 1. The first kappa shape index (κ1) is 12.0. The molecule has 0 atom stereocenters. The van der Waals surface area contributed by atoms with Crippen molar-refractivity contribution in [3.05, 3.63) is 39.4 Å². The van der Waals surface area contributed by atoms with Crippen LogP contribution >= 0.6 is 35.4 Å². The molecule has 1 aromatic rings. The van der Waals surface area contributed by atoms with E-state index in [-0.39, 0.29) is 10.6 Å². The highest BCUT2D eigenvalue weighted by Gasteiger charge is 2.03. The Morgan fingerprint density at radius 2 is 2.13 bits per heavy atom. The molecule has 0 aliphatic heterocycles. The lowest BCUT2D eigenvalue weighted by molar-refractivity contribution is 1.51. The number of nitrogens with zero attached hydrogens (tertiary/aromatic N) is 1. The van der Waals surface area contributed by atoms with Crippen molar-refractivity contribution in [3.8, 4) is 6.07 Å². The summed E-state index contributed by atoms with van der Waals surface area (Å²) in [5.41, 5.74) is 6.22. The van der Waals surface area contributed by atoms with E-state index in [1.807, 2.05) is 6.07 Å². The van der Waals surface area contributed by atoms with Crippen LogP contribution < -0.4 is 5.73 Å². The third-order valence-corrected chi connectivity index (χ3v) is 2.43. The van der Waals surface area contributed by atoms with Crippen LogP contribution in [0.2, 0.25) is 10.0 Å². The van der Waals surface area contributed by atoms with Gasteiger partial charge in [-0.25, -0.2) is 0 Å². The van der Waals surface area contributed by atoms with Crippen LogP contribution in [-0.4, -0.2) is 4.99 Å². The standard InChI is InChI=1S/C10H6Cl2N2S/c11-8-2-1-6(9(12)4-8)3-7(5-13)10(14)15/h1-4H,(H2,14,15)/b7-3-. The first-order valence-electron chi connectivity index (χ1n) is 3.91. The molecule has 0 spiro atoms. The molecule has 15 heavy (non-hydrogen) atoms. The summed E-state index contributed by atoms with van der Waals surface area (Å²) in [4.78, 5) is 0.0449. The highest BCUT2D eigenvalue weighted by molar-refractivity contribution is 7.80. The Labute approximate surface area is 103 Å². The molecule has 5 heteroatoms. The number of halogens is 2. The zero-order valence-electron chi connectivity index (χ0n) is 7.50. The molecule has 0 aromatic heterocycles. The molecule has 0 heterocycles. The first-order valence-corrected chi connectivity index (χ1v) is 5.07. The van der Waals surface area contributed by atoms with Crippen molar-refractivity contribution in [2.45, 2.75) is 0 Å². The summed E-state index contributed by atoms with van der Waals surface area (Å²) < 4.78 is 0. The Balaban J connectivity index is 3.19.